The Morgan fingerprint density at radius 3 is 2.60 bits per heavy atom. The van der Waals surface area contributed by atoms with Crippen LogP contribution in [0, 0.1) is 20.8 Å². The van der Waals surface area contributed by atoms with Gasteiger partial charge in [-0.05, 0) is 33.8 Å². The minimum Gasteiger partial charge on any atom is -0.478 e. The molecule has 2 heterocycles. The molecule has 2 aromatic heterocycles. The fourth-order valence-electron chi connectivity index (χ4n) is 2.31. The summed E-state index contributed by atoms with van der Waals surface area (Å²) in [6.07, 6.45) is 0. The van der Waals surface area contributed by atoms with Crippen LogP contribution in [0.3, 0.4) is 0 Å². The van der Waals surface area contributed by atoms with E-state index in [0.717, 1.165) is 17.0 Å². The smallest absolute Gasteiger partial charge is 0.339 e. The molecule has 0 bridgehead atoms. The number of nitrogens with zero attached hydrogens (tertiary/aromatic N) is 1. The van der Waals surface area contributed by atoms with Crippen LogP contribution in [0.15, 0.2) is 15.0 Å². The van der Waals surface area contributed by atoms with E-state index in [1.54, 1.807) is 13.0 Å². The number of nitrogens with one attached hydrogen (secondary N) is 1. The summed E-state index contributed by atoms with van der Waals surface area (Å²) in [5, 5.41) is 16.2. The van der Waals surface area contributed by atoms with Crippen LogP contribution in [0.1, 0.15) is 51.9 Å². The molecule has 0 spiro atoms. The fourth-order valence-corrected chi connectivity index (χ4v) is 2.31. The summed E-state index contributed by atoms with van der Waals surface area (Å²) >= 11 is 0. The van der Waals surface area contributed by atoms with E-state index in [1.165, 1.54) is 0 Å². The molecule has 0 aliphatic carbocycles. The van der Waals surface area contributed by atoms with Crippen molar-refractivity contribution in [2.45, 2.75) is 40.3 Å². The standard InChI is InChI=1S/C14H18N2O4/c1-7(13-8(2)16-20-10(13)4)15-6-11-5-12(14(17)18)9(3)19-11/h5,7,15H,6H2,1-4H3,(H,17,18). The number of aromatic carboxylic acids is 1. The van der Waals surface area contributed by atoms with Gasteiger partial charge in [-0.2, -0.15) is 0 Å². The second kappa shape index (κ2) is 5.50. The number of hydrogen-bond donors (Lipinski definition) is 2. The first-order valence-corrected chi connectivity index (χ1v) is 6.39. The summed E-state index contributed by atoms with van der Waals surface area (Å²) in [5.41, 5.74) is 2.07. The van der Waals surface area contributed by atoms with Crippen molar-refractivity contribution in [3.63, 3.8) is 0 Å². The second-order valence-corrected chi connectivity index (χ2v) is 4.83. The van der Waals surface area contributed by atoms with Gasteiger partial charge < -0.3 is 19.4 Å². The topological polar surface area (TPSA) is 88.5 Å². The zero-order chi connectivity index (χ0) is 14.9. The van der Waals surface area contributed by atoms with E-state index >= 15 is 0 Å². The molecule has 2 rings (SSSR count). The van der Waals surface area contributed by atoms with Gasteiger partial charge in [-0.1, -0.05) is 5.16 Å². The average molecular weight is 278 g/mol. The molecule has 6 nitrogen and oxygen atoms in total. The van der Waals surface area contributed by atoms with E-state index in [0.29, 0.717) is 18.1 Å². The van der Waals surface area contributed by atoms with Gasteiger partial charge in [0.15, 0.2) is 0 Å². The van der Waals surface area contributed by atoms with E-state index < -0.39 is 5.97 Å². The van der Waals surface area contributed by atoms with Gasteiger partial charge in [0.2, 0.25) is 0 Å². The van der Waals surface area contributed by atoms with Crippen molar-refractivity contribution in [2.24, 2.45) is 0 Å². The number of rotatable bonds is 5. The van der Waals surface area contributed by atoms with E-state index in [4.69, 9.17) is 14.0 Å². The maximum Gasteiger partial charge on any atom is 0.339 e. The molecule has 2 N–H and O–H groups in total. The van der Waals surface area contributed by atoms with E-state index in [1.807, 2.05) is 20.8 Å². The molecule has 0 amide bonds. The van der Waals surface area contributed by atoms with E-state index in [2.05, 4.69) is 10.5 Å². The molecule has 20 heavy (non-hydrogen) atoms. The summed E-state index contributed by atoms with van der Waals surface area (Å²) in [5.74, 6) is 0.818. The highest BCUT2D eigenvalue weighted by molar-refractivity contribution is 5.88. The average Bonchev–Trinajstić information content (AvgIpc) is 2.90. The molecule has 2 aromatic rings. The summed E-state index contributed by atoms with van der Waals surface area (Å²) in [7, 11) is 0. The number of carboxylic acid groups (broad SMARTS) is 1. The molecule has 1 unspecified atom stereocenters. The van der Waals surface area contributed by atoms with Crippen molar-refractivity contribution >= 4 is 5.97 Å². The highest BCUT2D eigenvalue weighted by atomic mass is 16.5. The van der Waals surface area contributed by atoms with Gasteiger partial charge in [0.25, 0.3) is 0 Å². The van der Waals surface area contributed by atoms with Crippen LogP contribution in [0.4, 0.5) is 0 Å². The molecule has 0 aromatic carbocycles. The van der Waals surface area contributed by atoms with Crippen LogP contribution in [0.5, 0.6) is 0 Å². The van der Waals surface area contributed by atoms with E-state index in [-0.39, 0.29) is 11.6 Å². The summed E-state index contributed by atoms with van der Waals surface area (Å²) in [6.45, 7) is 7.85. The minimum absolute atomic E-state index is 0.0416. The molecule has 0 fully saturated rings. The Kier molecular flexibility index (Phi) is 3.94. The second-order valence-electron chi connectivity index (χ2n) is 4.83. The Hall–Kier alpha value is -2.08. The van der Waals surface area contributed by atoms with Crippen LogP contribution < -0.4 is 5.32 Å². The molecule has 0 saturated carbocycles. The first-order valence-electron chi connectivity index (χ1n) is 6.39. The molecule has 108 valence electrons. The molecule has 6 heteroatoms. The van der Waals surface area contributed by atoms with Gasteiger partial charge in [-0.15, -0.1) is 0 Å². The van der Waals surface area contributed by atoms with Crippen LogP contribution in [-0.4, -0.2) is 16.2 Å². The van der Waals surface area contributed by atoms with Gasteiger partial charge in [0.1, 0.15) is 22.8 Å². The molecular formula is C14H18N2O4. The van der Waals surface area contributed by atoms with Crippen LogP contribution in [0.2, 0.25) is 0 Å². The molecule has 0 saturated heterocycles. The molecule has 0 aliphatic rings. The zero-order valence-electron chi connectivity index (χ0n) is 12.0. The third kappa shape index (κ3) is 2.75. The van der Waals surface area contributed by atoms with Crippen LogP contribution in [-0.2, 0) is 6.54 Å². The zero-order valence-corrected chi connectivity index (χ0v) is 12.0. The monoisotopic (exact) mass is 278 g/mol. The molecular weight excluding hydrogens is 260 g/mol. The fraction of sp³-hybridized carbons (Fsp3) is 0.429. The normalized spacial score (nSPS) is 12.6. The van der Waals surface area contributed by atoms with E-state index in [9.17, 15) is 4.79 Å². The Labute approximate surface area is 116 Å². The Bertz CT molecular complexity index is 608. The Morgan fingerprint density at radius 1 is 1.40 bits per heavy atom. The molecule has 1 atom stereocenters. The Balaban J connectivity index is 2.05. The van der Waals surface area contributed by atoms with Crippen molar-refractivity contribution in [3.8, 4) is 0 Å². The third-order valence-corrected chi connectivity index (χ3v) is 3.30. The molecule has 0 radical (unpaired) electrons. The predicted octanol–water partition coefficient (Wildman–Crippen LogP) is 2.74. The van der Waals surface area contributed by atoms with Crippen molar-refractivity contribution in [1.82, 2.24) is 10.5 Å². The highest BCUT2D eigenvalue weighted by Gasteiger charge is 2.18. The van der Waals surface area contributed by atoms with Crippen LogP contribution >= 0.6 is 0 Å². The summed E-state index contributed by atoms with van der Waals surface area (Å²) < 4.78 is 10.6. The SMILES string of the molecule is Cc1noc(C)c1C(C)NCc1cc(C(=O)O)c(C)o1. The van der Waals surface area contributed by atoms with Gasteiger partial charge in [0, 0.05) is 11.6 Å². The lowest BCUT2D eigenvalue weighted by atomic mass is 10.1. The van der Waals surface area contributed by atoms with Gasteiger partial charge in [-0.3, -0.25) is 0 Å². The minimum atomic E-state index is -0.976. The first kappa shape index (κ1) is 14.3. The van der Waals surface area contributed by atoms with Crippen molar-refractivity contribution in [2.75, 3.05) is 0 Å². The largest absolute Gasteiger partial charge is 0.478 e. The number of hydrogen-bond acceptors (Lipinski definition) is 5. The number of carbonyl (C=O) groups is 1. The predicted molar refractivity (Wildman–Crippen MR) is 71.6 cm³/mol. The highest BCUT2D eigenvalue weighted by Crippen LogP contribution is 2.22. The lowest BCUT2D eigenvalue weighted by Crippen LogP contribution is -2.18. The summed E-state index contributed by atoms with van der Waals surface area (Å²) in [6, 6.07) is 1.59. The number of furan rings is 1. The number of aromatic nitrogens is 1. The van der Waals surface area contributed by atoms with Gasteiger partial charge in [0.05, 0.1) is 12.2 Å². The number of aryl methyl sites for hydroxylation is 3. The van der Waals surface area contributed by atoms with Crippen LogP contribution in [0.25, 0.3) is 0 Å². The maximum atomic E-state index is 10.9. The lowest BCUT2D eigenvalue weighted by molar-refractivity contribution is 0.0695. The summed E-state index contributed by atoms with van der Waals surface area (Å²) in [4.78, 5) is 10.9. The van der Waals surface area contributed by atoms with Crippen molar-refractivity contribution in [3.05, 3.63) is 40.2 Å². The third-order valence-electron chi connectivity index (χ3n) is 3.30. The Morgan fingerprint density at radius 2 is 2.10 bits per heavy atom. The first-order chi connectivity index (χ1) is 9.40. The lowest BCUT2D eigenvalue weighted by Gasteiger charge is -2.12. The van der Waals surface area contributed by atoms with Crippen molar-refractivity contribution < 1.29 is 18.8 Å². The van der Waals surface area contributed by atoms with Gasteiger partial charge in [-0.25, -0.2) is 4.79 Å². The molecule has 0 aliphatic heterocycles. The quantitative estimate of drug-likeness (QED) is 0.874. The van der Waals surface area contributed by atoms with Crippen molar-refractivity contribution in [1.29, 1.82) is 0 Å². The maximum absolute atomic E-state index is 10.9. The number of carboxylic acids is 1. The van der Waals surface area contributed by atoms with Gasteiger partial charge >= 0.3 is 5.97 Å².